The van der Waals surface area contributed by atoms with E-state index in [-0.39, 0.29) is 12.4 Å². The van der Waals surface area contributed by atoms with Crippen LogP contribution in [0, 0.1) is 0 Å². The molecule has 0 aromatic rings. The van der Waals surface area contributed by atoms with Gasteiger partial charge in [0, 0.05) is 13.0 Å². The van der Waals surface area contributed by atoms with Crippen molar-refractivity contribution in [3.05, 3.63) is 0 Å². The first-order valence-electron chi connectivity index (χ1n) is 5.96. The Morgan fingerprint density at radius 2 is 1.87 bits per heavy atom. The van der Waals surface area contributed by atoms with Gasteiger partial charge in [-0.15, -0.1) is 0 Å². The molecule has 0 N–H and O–H groups in total. The molecule has 0 rings (SSSR count). The van der Waals surface area contributed by atoms with Gasteiger partial charge in [-0.1, -0.05) is 32.6 Å². The molecule has 15 heavy (non-hydrogen) atoms. The highest BCUT2D eigenvalue weighted by Crippen LogP contribution is 2.08. The van der Waals surface area contributed by atoms with E-state index in [1.165, 1.54) is 12.8 Å². The molecule has 0 aliphatic rings. The van der Waals surface area contributed by atoms with Gasteiger partial charge < -0.3 is 4.74 Å². The number of rotatable bonds is 10. The highest BCUT2D eigenvalue weighted by molar-refractivity contribution is 5.82. The molecule has 0 aliphatic carbocycles. The molecule has 3 heteroatoms. The molecular formula is C12H23FO2. The van der Waals surface area contributed by atoms with Crippen LogP contribution in [0.4, 0.5) is 4.39 Å². The third kappa shape index (κ3) is 8.55. The van der Waals surface area contributed by atoms with Crippen LogP contribution in [-0.2, 0) is 9.53 Å². The number of ether oxygens (including phenoxy) is 1. The molecule has 0 radical (unpaired) electrons. The summed E-state index contributed by atoms with van der Waals surface area (Å²) in [5, 5.41) is 0. The number of carbonyl (C=O) groups is 1. The van der Waals surface area contributed by atoms with Crippen LogP contribution in [0.1, 0.15) is 52.4 Å². The molecule has 0 saturated carbocycles. The van der Waals surface area contributed by atoms with E-state index in [9.17, 15) is 9.18 Å². The lowest BCUT2D eigenvalue weighted by Crippen LogP contribution is -2.21. The van der Waals surface area contributed by atoms with Gasteiger partial charge in [-0.3, -0.25) is 4.79 Å². The van der Waals surface area contributed by atoms with Crippen LogP contribution >= 0.6 is 0 Å². The third-order valence-corrected chi connectivity index (χ3v) is 2.34. The summed E-state index contributed by atoms with van der Waals surface area (Å²) in [6.45, 7) is 4.32. The minimum absolute atomic E-state index is 0.0791. The summed E-state index contributed by atoms with van der Waals surface area (Å²) >= 11 is 0. The number of halogens is 1. The average Bonchev–Trinajstić information content (AvgIpc) is 2.25. The summed E-state index contributed by atoms with van der Waals surface area (Å²) < 4.78 is 17.9. The van der Waals surface area contributed by atoms with Gasteiger partial charge in [-0.2, -0.15) is 0 Å². The lowest BCUT2D eigenvalue weighted by Gasteiger charge is -2.06. The largest absolute Gasteiger partial charge is 0.378 e. The zero-order chi connectivity index (χ0) is 11.5. The van der Waals surface area contributed by atoms with E-state index < -0.39 is 6.17 Å². The first-order valence-corrected chi connectivity index (χ1v) is 5.96. The Labute approximate surface area is 92.2 Å². The molecule has 0 spiro atoms. The highest BCUT2D eigenvalue weighted by Gasteiger charge is 2.16. The summed E-state index contributed by atoms with van der Waals surface area (Å²) in [5.41, 5.74) is 0. The van der Waals surface area contributed by atoms with Crippen LogP contribution in [0.5, 0.6) is 0 Å². The Hall–Kier alpha value is -0.440. The summed E-state index contributed by atoms with van der Waals surface area (Å²) in [6.07, 6.45) is 4.31. The lowest BCUT2D eigenvalue weighted by molar-refractivity contribution is -0.126. The van der Waals surface area contributed by atoms with Gasteiger partial charge in [-0.25, -0.2) is 4.39 Å². The molecule has 0 aromatic carbocycles. The summed E-state index contributed by atoms with van der Waals surface area (Å²) in [5.74, 6) is -0.306. The number of Topliss-reactive ketones (excluding diaryl/α,β-unsaturated/α-hetero) is 1. The monoisotopic (exact) mass is 218 g/mol. The van der Waals surface area contributed by atoms with Crippen LogP contribution in [0.2, 0.25) is 0 Å². The van der Waals surface area contributed by atoms with Crippen molar-refractivity contribution >= 4 is 5.78 Å². The molecule has 0 aliphatic heterocycles. The van der Waals surface area contributed by atoms with E-state index in [1.54, 1.807) is 6.92 Å². The second-order valence-electron chi connectivity index (χ2n) is 3.76. The number of carbonyl (C=O) groups excluding carboxylic acids is 1. The molecular weight excluding hydrogens is 195 g/mol. The van der Waals surface area contributed by atoms with Gasteiger partial charge in [0.15, 0.2) is 12.0 Å². The van der Waals surface area contributed by atoms with Crippen molar-refractivity contribution in [1.29, 1.82) is 0 Å². The minimum atomic E-state index is -1.42. The Bertz CT molecular complexity index is 160. The maximum Gasteiger partial charge on any atom is 0.181 e. The zero-order valence-electron chi connectivity index (χ0n) is 9.93. The molecule has 1 atom stereocenters. The fourth-order valence-electron chi connectivity index (χ4n) is 1.37. The van der Waals surface area contributed by atoms with E-state index in [0.717, 1.165) is 19.3 Å². The minimum Gasteiger partial charge on any atom is -0.378 e. The summed E-state index contributed by atoms with van der Waals surface area (Å²) in [6, 6.07) is 0. The first kappa shape index (κ1) is 14.6. The molecule has 2 nitrogen and oxygen atoms in total. The third-order valence-electron chi connectivity index (χ3n) is 2.34. The van der Waals surface area contributed by atoms with E-state index in [4.69, 9.17) is 4.74 Å². The van der Waals surface area contributed by atoms with Gasteiger partial charge in [0.1, 0.15) is 0 Å². The summed E-state index contributed by atoms with van der Waals surface area (Å²) in [4.78, 5) is 11.2. The zero-order valence-corrected chi connectivity index (χ0v) is 9.93. The average molecular weight is 218 g/mol. The van der Waals surface area contributed by atoms with Crippen LogP contribution in [0.3, 0.4) is 0 Å². The highest BCUT2D eigenvalue weighted by atomic mass is 19.1. The molecule has 0 saturated heterocycles. The van der Waals surface area contributed by atoms with Gasteiger partial charge >= 0.3 is 0 Å². The predicted molar refractivity (Wildman–Crippen MR) is 59.8 cm³/mol. The van der Waals surface area contributed by atoms with Crippen molar-refractivity contribution in [3.63, 3.8) is 0 Å². The number of ketones is 1. The first-order chi connectivity index (χ1) is 7.22. The van der Waals surface area contributed by atoms with Crippen molar-refractivity contribution < 1.29 is 13.9 Å². The second kappa shape index (κ2) is 10.1. The maximum atomic E-state index is 13.1. The van der Waals surface area contributed by atoms with Crippen LogP contribution < -0.4 is 0 Å². The lowest BCUT2D eigenvalue weighted by atomic mass is 10.1. The van der Waals surface area contributed by atoms with Gasteiger partial charge in [0.25, 0.3) is 0 Å². The molecule has 0 amide bonds. The van der Waals surface area contributed by atoms with Crippen molar-refractivity contribution in [2.24, 2.45) is 0 Å². The number of alkyl halides is 1. The quantitative estimate of drug-likeness (QED) is 0.526. The van der Waals surface area contributed by atoms with E-state index in [1.807, 2.05) is 0 Å². The van der Waals surface area contributed by atoms with Crippen molar-refractivity contribution in [2.75, 3.05) is 13.2 Å². The Morgan fingerprint density at radius 1 is 1.20 bits per heavy atom. The molecule has 0 fully saturated rings. The van der Waals surface area contributed by atoms with Crippen molar-refractivity contribution in [3.8, 4) is 0 Å². The van der Waals surface area contributed by atoms with E-state index in [2.05, 4.69) is 6.92 Å². The number of hydrogen-bond acceptors (Lipinski definition) is 2. The van der Waals surface area contributed by atoms with E-state index >= 15 is 0 Å². The number of unbranched alkanes of at least 4 members (excludes halogenated alkanes) is 4. The predicted octanol–water partition coefficient (Wildman–Crippen LogP) is 3.29. The topological polar surface area (TPSA) is 26.3 Å². The van der Waals surface area contributed by atoms with Crippen LogP contribution in [0.25, 0.3) is 0 Å². The maximum absolute atomic E-state index is 13.1. The normalized spacial score (nSPS) is 12.7. The Balaban J connectivity index is 3.38. The van der Waals surface area contributed by atoms with E-state index in [0.29, 0.717) is 13.0 Å². The molecule has 0 heterocycles. The standard InChI is InChI=1S/C12H23FO2/c1-3-5-6-7-8-9-12(14)11(13)10-15-4-2/h11H,3-10H2,1-2H3. The van der Waals surface area contributed by atoms with Crippen molar-refractivity contribution in [2.45, 2.75) is 58.5 Å². The van der Waals surface area contributed by atoms with Gasteiger partial charge in [0.05, 0.1) is 6.61 Å². The summed E-state index contributed by atoms with van der Waals surface area (Å²) in [7, 11) is 0. The fourth-order valence-corrected chi connectivity index (χ4v) is 1.37. The van der Waals surface area contributed by atoms with Gasteiger partial charge in [-0.05, 0) is 13.3 Å². The smallest absolute Gasteiger partial charge is 0.181 e. The van der Waals surface area contributed by atoms with Crippen molar-refractivity contribution in [1.82, 2.24) is 0 Å². The molecule has 0 aromatic heterocycles. The Morgan fingerprint density at radius 3 is 2.47 bits per heavy atom. The molecule has 90 valence electrons. The fraction of sp³-hybridized carbons (Fsp3) is 0.917. The molecule has 0 bridgehead atoms. The Kier molecular flexibility index (Phi) is 9.79. The van der Waals surface area contributed by atoms with Crippen LogP contribution in [-0.4, -0.2) is 25.2 Å². The van der Waals surface area contributed by atoms with Crippen LogP contribution in [0.15, 0.2) is 0 Å². The SMILES string of the molecule is CCCCCCCC(=O)C(F)COCC. The second-order valence-corrected chi connectivity index (χ2v) is 3.76. The number of hydrogen-bond donors (Lipinski definition) is 0. The van der Waals surface area contributed by atoms with Gasteiger partial charge in [0.2, 0.25) is 0 Å². The molecule has 1 unspecified atom stereocenters.